The first-order valence-electron chi connectivity index (χ1n) is 4.81. The first-order valence-corrected chi connectivity index (χ1v) is 5.60. The highest BCUT2D eigenvalue weighted by molar-refractivity contribution is 9.10. The van der Waals surface area contributed by atoms with E-state index in [1.807, 2.05) is 12.1 Å². The molecule has 0 radical (unpaired) electrons. The molecule has 2 heteroatoms. The maximum Gasteiger partial charge on any atom is 0.0485 e. The van der Waals surface area contributed by atoms with Gasteiger partial charge in [0.25, 0.3) is 0 Å². The lowest BCUT2D eigenvalue weighted by molar-refractivity contribution is 0.159. The molecule has 1 nitrogen and oxygen atoms in total. The van der Waals surface area contributed by atoms with E-state index in [-0.39, 0.29) is 12.0 Å². The van der Waals surface area contributed by atoms with Crippen molar-refractivity contribution in [2.24, 2.45) is 5.41 Å². The third kappa shape index (κ3) is 2.82. The van der Waals surface area contributed by atoms with E-state index in [0.29, 0.717) is 0 Å². The maximum atomic E-state index is 9.20. The smallest absolute Gasteiger partial charge is 0.0485 e. The van der Waals surface area contributed by atoms with Crippen LogP contribution in [0.4, 0.5) is 0 Å². The van der Waals surface area contributed by atoms with Crippen molar-refractivity contribution in [1.29, 1.82) is 0 Å². The first-order chi connectivity index (χ1) is 6.46. The molecule has 0 amide bonds. The molecule has 0 saturated carbocycles. The fourth-order valence-electron chi connectivity index (χ4n) is 1.42. The molecule has 0 aliphatic heterocycles. The van der Waals surface area contributed by atoms with Gasteiger partial charge in [-0.1, -0.05) is 41.9 Å². The van der Waals surface area contributed by atoms with Crippen molar-refractivity contribution in [3.8, 4) is 0 Å². The second-order valence-electron chi connectivity index (χ2n) is 4.52. The molecule has 0 atom stereocenters. The van der Waals surface area contributed by atoms with Gasteiger partial charge in [-0.2, -0.15) is 0 Å². The molecule has 0 spiro atoms. The summed E-state index contributed by atoms with van der Waals surface area (Å²) >= 11 is 3.51. The van der Waals surface area contributed by atoms with E-state index >= 15 is 0 Å². The van der Waals surface area contributed by atoms with Crippen molar-refractivity contribution in [3.63, 3.8) is 0 Å². The monoisotopic (exact) mass is 256 g/mol. The average molecular weight is 257 g/mol. The number of rotatable bonds is 3. The van der Waals surface area contributed by atoms with Crippen molar-refractivity contribution in [2.45, 2.75) is 27.2 Å². The molecule has 0 heterocycles. The highest BCUT2D eigenvalue weighted by Crippen LogP contribution is 2.26. The Bertz CT molecular complexity index is 318. The molecule has 1 aromatic rings. The van der Waals surface area contributed by atoms with Gasteiger partial charge >= 0.3 is 0 Å². The van der Waals surface area contributed by atoms with Gasteiger partial charge in [0.1, 0.15) is 0 Å². The van der Waals surface area contributed by atoms with Crippen LogP contribution in [0.3, 0.4) is 0 Å². The molecule has 0 bridgehead atoms. The minimum atomic E-state index is -0.0362. The van der Waals surface area contributed by atoms with Crippen molar-refractivity contribution in [2.75, 3.05) is 6.61 Å². The molecule has 1 N–H and O–H groups in total. The predicted octanol–water partition coefficient (Wildman–Crippen LogP) is 3.32. The maximum absolute atomic E-state index is 9.20. The second kappa shape index (κ2) is 4.45. The molecule has 0 fully saturated rings. The van der Waals surface area contributed by atoms with E-state index in [9.17, 15) is 5.11 Å². The molecule has 1 rings (SSSR count). The van der Waals surface area contributed by atoms with Crippen LogP contribution in [0, 0.1) is 12.3 Å². The quantitative estimate of drug-likeness (QED) is 0.880. The third-order valence-electron chi connectivity index (χ3n) is 2.48. The second-order valence-corrected chi connectivity index (χ2v) is 5.38. The highest BCUT2D eigenvalue weighted by Gasteiger charge is 2.18. The van der Waals surface area contributed by atoms with E-state index in [4.69, 9.17) is 0 Å². The Labute approximate surface area is 94.3 Å². The SMILES string of the molecule is Cc1c(Br)cccc1CC(C)(C)CO. The minimum Gasteiger partial charge on any atom is -0.396 e. The zero-order valence-electron chi connectivity index (χ0n) is 8.97. The normalized spacial score (nSPS) is 11.8. The van der Waals surface area contributed by atoms with E-state index in [0.717, 1.165) is 10.9 Å². The van der Waals surface area contributed by atoms with Gasteiger partial charge in [-0.25, -0.2) is 0 Å². The summed E-state index contributed by atoms with van der Waals surface area (Å²) in [7, 11) is 0. The zero-order valence-corrected chi connectivity index (χ0v) is 10.6. The molecule has 0 saturated heterocycles. The van der Waals surface area contributed by atoms with Crippen LogP contribution >= 0.6 is 15.9 Å². The number of benzene rings is 1. The van der Waals surface area contributed by atoms with E-state index < -0.39 is 0 Å². The first kappa shape index (κ1) is 11.7. The van der Waals surface area contributed by atoms with Crippen molar-refractivity contribution < 1.29 is 5.11 Å². The summed E-state index contributed by atoms with van der Waals surface area (Å²) in [6.07, 6.45) is 0.911. The summed E-state index contributed by atoms with van der Waals surface area (Å²) in [5, 5.41) is 9.20. The van der Waals surface area contributed by atoms with Gasteiger partial charge in [0.05, 0.1) is 0 Å². The number of halogens is 1. The van der Waals surface area contributed by atoms with Crippen LogP contribution in [0.5, 0.6) is 0 Å². The Kier molecular flexibility index (Phi) is 3.73. The standard InChI is InChI=1S/C12H17BrO/c1-9-10(5-4-6-11(9)13)7-12(2,3)8-14/h4-6,14H,7-8H2,1-3H3. The molecule has 78 valence electrons. The molecular formula is C12H17BrO. The van der Waals surface area contributed by atoms with E-state index in [1.165, 1.54) is 11.1 Å². The average Bonchev–Trinajstić information content (AvgIpc) is 2.13. The number of hydrogen-bond donors (Lipinski definition) is 1. The summed E-state index contributed by atoms with van der Waals surface area (Å²) in [6.45, 7) is 6.48. The van der Waals surface area contributed by atoms with Gasteiger partial charge in [-0.05, 0) is 36.0 Å². The van der Waals surface area contributed by atoms with Crippen molar-refractivity contribution in [1.82, 2.24) is 0 Å². The fraction of sp³-hybridized carbons (Fsp3) is 0.500. The lowest BCUT2D eigenvalue weighted by Gasteiger charge is -2.22. The molecule has 0 unspecified atom stereocenters. The zero-order chi connectivity index (χ0) is 10.8. The Morgan fingerprint density at radius 1 is 1.36 bits per heavy atom. The summed E-state index contributed by atoms with van der Waals surface area (Å²) in [5.41, 5.74) is 2.54. The largest absolute Gasteiger partial charge is 0.396 e. The molecular weight excluding hydrogens is 240 g/mol. The van der Waals surface area contributed by atoms with Gasteiger partial charge in [0, 0.05) is 11.1 Å². The van der Waals surface area contributed by atoms with Crippen molar-refractivity contribution >= 4 is 15.9 Å². The van der Waals surface area contributed by atoms with E-state index in [1.54, 1.807) is 0 Å². The number of aliphatic hydroxyl groups is 1. The van der Waals surface area contributed by atoms with Crippen LogP contribution < -0.4 is 0 Å². The number of hydrogen-bond acceptors (Lipinski definition) is 1. The Morgan fingerprint density at radius 3 is 2.57 bits per heavy atom. The van der Waals surface area contributed by atoms with Gasteiger partial charge in [-0.15, -0.1) is 0 Å². The molecule has 14 heavy (non-hydrogen) atoms. The molecule has 0 aliphatic rings. The van der Waals surface area contributed by atoms with Crippen LogP contribution in [0.15, 0.2) is 22.7 Å². The highest BCUT2D eigenvalue weighted by atomic mass is 79.9. The number of aliphatic hydroxyl groups excluding tert-OH is 1. The Morgan fingerprint density at radius 2 is 2.00 bits per heavy atom. The topological polar surface area (TPSA) is 20.2 Å². The van der Waals surface area contributed by atoms with Gasteiger partial charge in [0.2, 0.25) is 0 Å². The van der Waals surface area contributed by atoms with E-state index in [2.05, 4.69) is 42.8 Å². The van der Waals surface area contributed by atoms with Crippen molar-refractivity contribution in [3.05, 3.63) is 33.8 Å². The summed E-state index contributed by atoms with van der Waals surface area (Å²) in [6, 6.07) is 6.21. The lowest BCUT2D eigenvalue weighted by atomic mass is 9.85. The van der Waals surface area contributed by atoms with Crippen LogP contribution in [-0.4, -0.2) is 11.7 Å². The van der Waals surface area contributed by atoms with Crippen LogP contribution in [0.2, 0.25) is 0 Å². The lowest BCUT2D eigenvalue weighted by Crippen LogP contribution is -2.20. The summed E-state index contributed by atoms with van der Waals surface area (Å²) in [4.78, 5) is 0. The van der Waals surface area contributed by atoms with Crippen LogP contribution in [0.1, 0.15) is 25.0 Å². The molecule has 0 aromatic heterocycles. The third-order valence-corrected chi connectivity index (χ3v) is 3.34. The van der Waals surface area contributed by atoms with Gasteiger partial charge in [-0.3, -0.25) is 0 Å². The van der Waals surface area contributed by atoms with Gasteiger partial charge < -0.3 is 5.11 Å². The Balaban J connectivity index is 2.92. The fourth-order valence-corrected chi connectivity index (χ4v) is 1.82. The minimum absolute atomic E-state index is 0.0362. The predicted molar refractivity (Wildman–Crippen MR) is 63.4 cm³/mol. The summed E-state index contributed by atoms with van der Waals surface area (Å²) < 4.78 is 1.14. The van der Waals surface area contributed by atoms with Gasteiger partial charge in [0.15, 0.2) is 0 Å². The summed E-state index contributed by atoms with van der Waals surface area (Å²) in [5.74, 6) is 0. The van der Waals surface area contributed by atoms with Crippen LogP contribution in [-0.2, 0) is 6.42 Å². The van der Waals surface area contributed by atoms with Crippen LogP contribution in [0.25, 0.3) is 0 Å². The Hall–Kier alpha value is -0.340. The molecule has 0 aliphatic carbocycles. The molecule has 1 aromatic carbocycles.